The molecular weight excluding hydrogens is 182 g/mol. The predicted octanol–water partition coefficient (Wildman–Crippen LogP) is 1.05. The molecule has 0 aromatic heterocycles. The van der Waals surface area contributed by atoms with E-state index >= 15 is 0 Å². The average Bonchev–Trinajstić information content (AvgIpc) is 2.15. The van der Waals surface area contributed by atoms with Crippen LogP contribution in [0.15, 0.2) is 0 Å². The molecule has 0 aliphatic rings. The average molecular weight is 201 g/mol. The van der Waals surface area contributed by atoms with Gasteiger partial charge < -0.3 is 9.64 Å². The van der Waals surface area contributed by atoms with Gasteiger partial charge in [0.1, 0.15) is 5.41 Å². The summed E-state index contributed by atoms with van der Waals surface area (Å²) < 4.78 is 4.58. The number of carbonyl (C=O) groups is 2. The monoisotopic (exact) mass is 201 g/mol. The van der Waals surface area contributed by atoms with Crippen LogP contribution in [-0.2, 0) is 14.3 Å². The summed E-state index contributed by atoms with van der Waals surface area (Å²) in [4.78, 5) is 24.6. The van der Waals surface area contributed by atoms with E-state index in [1.165, 1.54) is 7.11 Å². The summed E-state index contributed by atoms with van der Waals surface area (Å²) in [6, 6.07) is 0. The summed E-state index contributed by atoms with van der Waals surface area (Å²) in [5.74, 6) is -0.698. The van der Waals surface area contributed by atoms with Crippen LogP contribution in [0.4, 0.5) is 0 Å². The zero-order chi connectivity index (χ0) is 11.4. The fourth-order valence-corrected chi connectivity index (χ4v) is 1.26. The molecule has 0 rings (SSSR count). The number of amides is 1. The first-order valence-corrected chi connectivity index (χ1v) is 4.71. The van der Waals surface area contributed by atoms with Crippen LogP contribution in [-0.4, -0.2) is 37.5 Å². The van der Waals surface area contributed by atoms with Crippen LogP contribution in [0.1, 0.15) is 27.2 Å². The summed E-state index contributed by atoms with van der Waals surface area (Å²) in [6.07, 6.45) is 0.874. The van der Waals surface area contributed by atoms with Crippen molar-refractivity contribution < 1.29 is 14.3 Å². The summed E-state index contributed by atoms with van der Waals surface area (Å²) in [5.41, 5.74) is -1.08. The van der Waals surface area contributed by atoms with Gasteiger partial charge in [0.15, 0.2) is 0 Å². The molecule has 0 atom stereocenters. The van der Waals surface area contributed by atoms with Crippen molar-refractivity contribution in [1.82, 2.24) is 4.90 Å². The molecule has 0 aromatic rings. The van der Waals surface area contributed by atoms with Gasteiger partial charge in [-0.2, -0.15) is 0 Å². The molecule has 0 aromatic carbocycles. The third-order valence-electron chi connectivity index (χ3n) is 2.14. The maximum Gasteiger partial charge on any atom is 0.320 e. The van der Waals surface area contributed by atoms with Gasteiger partial charge in [0, 0.05) is 13.6 Å². The van der Waals surface area contributed by atoms with Crippen LogP contribution in [0.3, 0.4) is 0 Å². The van der Waals surface area contributed by atoms with Crippen LogP contribution in [0, 0.1) is 5.41 Å². The van der Waals surface area contributed by atoms with Crippen molar-refractivity contribution in [2.45, 2.75) is 27.2 Å². The van der Waals surface area contributed by atoms with Gasteiger partial charge in [0.05, 0.1) is 7.11 Å². The van der Waals surface area contributed by atoms with E-state index in [-0.39, 0.29) is 5.91 Å². The van der Waals surface area contributed by atoms with Gasteiger partial charge in [-0.1, -0.05) is 6.92 Å². The van der Waals surface area contributed by atoms with Gasteiger partial charge in [0.25, 0.3) is 0 Å². The van der Waals surface area contributed by atoms with Crippen LogP contribution in [0.2, 0.25) is 0 Å². The maximum absolute atomic E-state index is 11.8. The number of esters is 1. The van der Waals surface area contributed by atoms with E-state index in [1.54, 1.807) is 25.8 Å². The Morgan fingerprint density at radius 1 is 1.36 bits per heavy atom. The van der Waals surface area contributed by atoms with E-state index < -0.39 is 11.4 Å². The first-order valence-electron chi connectivity index (χ1n) is 4.71. The lowest BCUT2D eigenvalue weighted by atomic mass is 9.92. The first-order chi connectivity index (χ1) is 6.37. The van der Waals surface area contributed by atoms with Gasteiger partial charge >= 0.3 is 5.97 Å². The number of nitrogens with zero attached hydrogens (tertiary/aromatic N) is 1. The molecule has 0 saturated heterocycles. The summed E-state index contributed by atoms with van der Waals surface area (Å²) in [6.45, 7) is 5.79. The van der Waals surface area contributed by atoms with E-state index in [9.17, 15) is 9.59 Å². The Morgan fingerprint density at radius 2 is 1.86 bits per heavy atom. The van der Waals surface area contributed by atoms with Crippen molar-refractivity contribution in [3.05, 3.63) is 0 Å². The highest BCUT2D eigenvalue weighted by Gasteiger charge is 2.38. The molecule has 1 amide bonds. The Labute approximate surface area is 85.2 Å². The highest BCUT2D eigenvalue weighted by molar-refractivity contribution is 6.01. The Morgan fingerprint density at radius 3 is 2.21 bits per heavy atom. The second-order valence-electron chi connectivity index (χ2n) is 3.84. The molecule has 0 saturated carbocycles. The molecule has 14 heavy (non-hydrogen) atoms. The molecule has 0 fully saturated rings. The lowest BCUT2D eigenvalue weighted by Gasteiger charge is -2.26. The van der Waals surface area contributed by atoms with Crippen molar-refractivity contribution in [3.63, 3.8) is 0 Å². The van der Waals surface area contributed by atoms with Crippen molar-refractivity contribution >= 4 is 11.9 Å². The van der Waals surface area contributed by atoms with Gasteiger partial charge in [-0.05, 0) is 20.3 Å². The predicted molar refractivity (Wildman–Crippen MR) is 53.7 cm³/mol. The number of methoxy groups -OCH3 is 1. The second kappa shape index (κ2) is 4.98. The highest BCUT2D eigenvalue weighted by Crippen LogP contribution is 2.20. The molecular formula is C10H19NO3. The minimum atomic E-state index is -1.08. The Balaban J connectivity index is 4.57. The largest absolute Gasteiger partial charge is 0.468 e. The van der Waals surface area contributed by atoms with E-state index in [0.717, 1.165) is 6.42 Å². The first kappa shape index (κ1) is 12.9. The van der Waals surface area contributed by atoms with Crippen molar-refractivity contribution in [3.8, 4) is 0 Å². The van der Waals surface area contributed by atoms with Crippen molar-refractivity contribution in [1.29, 1.82) is 0 Å². The fraction of sp³-hybridized carbons (Fsp3) is 0.800. The Bertz CT molecular complexity index is 223. The zero-order valence-electron chi connectivity index (χ0n) is 9.59. The number of rotatable bonds is 4. The fourth-order valence-electron chi connectivity index (χ4n) is 1.26. The molecule has 0 unspecified atom stereocenters. The number of carbonyl (C=O) groups excluding carboxylic acids is 2. The molecule has 0 heterocycles. The molecule has 4 nitrogen and oxygen atoms in total. The van der Waals surface area contributed by atoms with E-state index in [0.29, 0.717) is 6.54 Å². The molecule has 0 aliphatic carbocycles. The summed E-state index contributed by atoms with van der Waals surface area (Å²) in [7, 11) is 2.98. The minimum Gasteiger partial charge on any atom is -0.468 e. The summed E-state index contributed by atoms with van der Waals surface area (Å²) in [5, 5.41) is 0. The number of hydrogen-bond donors (Lipinski definition) is 0. The summed E-state index contributed by atoms with van der Waals surface area (Å²) >= 11 is 0. The zero-order valence-corrected chi connectivity index (χ0v) is 9.59. The standard InChI is InChI=1S/C10H19NO3/c1-6-7-11(4)8(12)10(2,3)9(13)14-5/h6-7H2,1-5H3. The SMILES string of the molecule is CCCN(C)C(=O)C(C)(C)C(=O)OC. The molecule has 0 radical (unpaired) electrons. The van der Waals surface area contributed by atoms with Crippen LogP contribution in [0.5, 0.6) is 0 Å². The molecule has 0 bridgehead atoms. The second-order valence-corrected chi connectivity index (χ2v) is 3.84. The quantitative estimate of drug-likeness (QED) is 0.504. The van der Waals surface area contributed by atoms with E-state index in [2.05, 4.69) is 4.74 Å². The van der Waals surface area contributed by atoms with Gasteiger partial charge in [-0.25, -0.2) is 0 Å². The van der Waals surface area contributed by atoms with Gasteiger partial charge in [0.2, 0.25) is 5.91 Å². The number of hydrogen-bond acceptors (Lipinski definition) is 3. The lowest BCUT2D eigenvalue weighted by Crippen LogP contribution is -2.44. The highest BCUT2D eigenvalue weighted by atomic mass is 16.5. The molecule has 4 heteroatoms. The van der Waals surface area contributed by atoms with Gasteiger partial charge in [-0.3, -0.25) is 9.59 Å². The molecule has 0 aliphatic heterocycles. The maximum atomic E-state index is 11.8. The normalized spacial score (nSPS) is 10.9. The lowest BCUT2D eigenvalue weighted by molar-refractivity contribution is -0.160. The Hall–Kier alpha value is -1.06. The van der Waals surface area contributed by atoms with E-state index in [4.69, 9.17) is 0 Å². The molecule has 0 spiro atoms. The molecule has 0 N–H and O–H groups in total. The van der Waals surface area contributed by atoms with Crippen molar-refractivity contribution in [2.75, 3.05) is 20.7 Å². The third kappa shape index (κ3) is 2.72. The Kier molecular flexibility index (Phi) is 4.60. The van der Waals surface area contributed by atoms with Crippen LogP contribution >= 0.6 is 0 Å². The van der Waals surface area contributed by atoms with Crippen LogP contribution < -0.4 is 0 Å². The van der Waals surface area contributed by atoms with Gasteiger partial charge in [-0.15, -0.1) is 0 Å². The van der Waals surface area contributed by atoms with Crippen LogP contribution in [0.25, 0.3) is 0 Å². The minimum absolute atomic E-state index is 0.203. The van der Waals surface area contributed by atoms with Crippen molar-refractivity contribution in [2.24, 2.45) is 5.41 Å². The van der Waals surface area contributed by atoms with E-state index in [1.807, 2.05) is 6.92 Å². The topological polar surface area (TPSA) is 46.6 Å². The third-order valence-corrected chi connectivity index (χ3v) is 2.14. The smallest absolute Gasteiger partial charge is 0.320 e. The molecule has 82 valence electrons. The number of ether oxygens (including phenoxy) is 1.